The van der Waals surface area contributed by atoms with Gasteiger partial charge in [-0.05, 0) is 25.0 Å². The SMILES string of the molecule is COc1cccc(-c2nc(NC3CC3)nc3sc(C(N)=O)c(N)c23)c1F. The third kappa shape index (κ3) is 2.70. The number of fused-ring (bicyclic) bond motifs is 1. The molecule has 0 aliphatic heterocycles. The van der Waals surface area contributed by atoms with Crippen molar-refractivity contribution in [2.24, 2.45) is 5.73 Å². The molecule has 134 valence electrons. The van der Waals surface area contributed by atoms with Gasteiger partial charge < -0.3 is 21.5 Å². The van der Waals surface area contributed by atoms with Crippen molar-refractivity contribution in [3.8, 4) is 17.0 Å². The fourth-order valence-corrected chi connectivity index (χ4v) is 3.67. The number of nitrogens with zero attached hydrogens (tertiary/aromatic N) is 2. The molecule has 26 heavy (non-hydrogen) atoms. The Kier molecular flexibility index (Phi) is 3.87. The van der Waals surface area contributed by atoms with E-state index < -0.39 is 11.7 Å². The van der Waals surface area contributed by atoms with Gasteiger partial charge in [-0.1, -0.05) is 6.07 Å². The van der Waals surface area contributed by atoms with Crippen molar-refractivity contribution in [1.82, 2.24) is 9.97 Å². The Bertz CT molecular complexity index is 1030. The Morgan fingerprint density at radius 3 is 2.81 bits per heavy atom. The van der Waals surface area contributed by atoms with E-state index in [-0.39, 0.29) is 21.9 Å². The van der Waals surface area contributed by atoms with Crippen molar-refractivity contribution in [3.63, 3.8) is 0 Å². The number of ether oxygens (including phenoxy) is 1. The zero-order valence-corrected chi connectivity index (χ0v) is 14.7. The van der Waals surface area contributed by atoms with Gasteiger partial charge in [0.25, 0.3) is 5.91 Å². The van der Waals surface area contributed by atoms with Gasteiger partial charge in [-0.2, -0.15) is 0 Å². The standard InChI is InChI=1S/C17H16FN5O2S/c1-25-9-4-2-3-8(11(9)18)13-10-12(19)14(15(20)24)26-16(10)23-17(22-13)21-7-5-6-7/h2-4,7H,5-6,19H2,1H3,(H2,20,24)(H,21,22,23). The normalized spacial score (nSPS) is 13.8. The van der Waals surface area contributed by atoms with Crippen LogP contribution in [0.2, 0.25) is 0 Å². The van der Waals surface area contributed by atoms with Gasteiger partial charge in [-0.15, -0.1) is 11.3 Å². The Balaban J connectivity index is 2.00. The molecule has 1 aliphatic rings. The molecular formula is C17H16FN5O2S. The van der Waals surface area contributed by atoms with Gasteiger partial charge in [0.05, 0.1) is 23.9 Å². The van der Waals surface area contributed by atoms with E-state index in [1.54, 1.807) is 12.1 Å². The number of aromatic nitrogens is 2. The summed E-state index contributed by atoms with van der Waals surface area (Å²) in [6.07, 6.45) is 2.06. The number of amides is 1. The number of nitrogens with one attached hydrogen (secondary N) is 1. The Morgan fingerprint density at radius 1 is 1.38 bits per heavy atom. The lowest BCUT2D eigenvalue weighted by atomic mass is 10.1. The lowest BCUT2D eigenvalue weighted by Gasteiger charge is -2.11. The summed E-state index contributed by atoms with van der Waals surface area (Å²) in [5.41, 5.74) is 12.2. The van der Waals surface area contributed by atoms with E-state index in [4.69, 9.17) is 16.2 Å². The molecule has 0 atom stereocenters. The number of anilines is 2. The average molecular weight is 373 g/mol. The lowest BCUT2D eigenvalue weighted by Crippen LogP contribution is -2.10. The third-order valence-electron chi connectivity index (χ3n) is 4.16. The molecule has 0 saturated heterocycles. The quantitative estimate of drug-likeness (QED) is 0.633. The minimum atomic E-state index is -0.653. The summed E-state index contributed by atoms with van der Waals surface area (Å²) in [6.45, 7) is 0. The number of benzene rings is 1. The van der Waals surface area contributed by atoms with Crippen LogP contribution >= 0.6 is 11.3 Å². The summed E-state index contributed by atoms with van der Waals surface area (Å²) in [6, 6.07) is 5.08. The first-order valence-corrected chi connectivity index (χ1v) is 8.80. The first-order valence-electron chi connectivity index (χ1n) is 7.98. The molecule has 0 bridgehead atoms. The number of rotatable bonds is 5. The number of carbonyl (C=O) groups is 1. The second-order valence-electron chi connectivity index (χ2n) is 6.03. The molecule has 9 heteroatoms. The molecule has 0 radical (unpaired) electrons. The summed E-state index contributed by atoms with van der Waals surface area (Å²) in [5, 5.41) is 3.61. The second kappa shape index (κ2) is 6.10. The highest BCUT2D eigenvalue weighted by molar-refractivity contribution is 7.21. The van der Waals surface area contributed by atoms with Crippen LogP contribution in [0.1, 0.15) is 22.5 Å². The zero-order chi connectivity index (χ0) is 18.4. The predicted octanol–water partition coefficient (Wildman–Crippen LogP) is 2.76. The van der Waals surface area contributed by atoms with Gasteiger partial charge in [0.15, 0.2) is 11.6 Å². The molecule has 0 unspecified atom stereocenters. The highest BCUT2D eigenvalue weighted by Gasteiger charge is 2.26. The van der Waals surface area contributed by atoms with Crippen molar-refractivity contribution in [2.75, 3.05) is 18.2 Å². The minimum Gasteiger partial charge on any atom is -0.494 e. The van der Waals surface area contributed by atoms with Crippen LogP contribution in [0.3, 0.4) is 0 Å². The number of hydrogen-bond acceptors (Lipinski definition) is 7. The first kappa shape index (κ1) is 16.5. The molecule has 0 spiro atoms. The lowest BCUT2D eigenvalue weighted by molar-refractivity contribution is 0.100. The van der Waals surface area contributed by atoms with E-state index in [2.05, 4.69) is 15.3 Å². The van der Waals surface area contributed by atoms with Crippen LogP contribution in [0.5, 0.6) is 5.75 Å². The fraction of sp³-hybridized carbons (Fsp3) is 0.235. The third-order valence-corrected chi connectivity index (χ3v) is 5.28. The number of carbonyl (C=O) groups excluding carboxylic acids is 1. The van der Waals surface area contributed by atoms with Crippen LogP contribution in [0, 0.1) is 5.82 Å². The van der Waals surface area contributed by atoms with E-state index in [0.29, 0.717) is 27.9 Å². The molecule has 1 aliphatic carbocycles. The Morgan fingerprint density at radius 2 is 2.15 bits per heavy atom. The maximum atomic E-state index is 14.9. The van der Waals surface area contributed by atoms with E-state index in [9.17, 15) is 9.18 Å². The molecule has 3 aromatic rings. The number of methoxy groups -OCH3 is 1. The van der Waals surface area contributed by atoms with Crippen LogP contribution in [-0.2, 0) is 0 Å². The van der Waals surface area contributed by atoms with Crippen molar-refractivity contribution < 1.29 is 13.9 Å². The van der Waals surface area contributed by atoms with Gasteiger partial charge in [-0.3, -0.25) is 4.79 Å². The summed E-state index contributed by atoms with van der Waals surface area (Å²) in [5.74, 6) is -0.748. The molecule has 7 nitrogen and oxygen atoms in total. The van der Waals surface area contributed by atoms with Gasteiger partial charge in [0, 0.05) is 11.6 Å². The Labute approximate surface area is 152 Å². The summed E-state index contributed by atoms with van der Waals surface area (Å²) in [4.78, 5) is 21.2. The average Bonchev–Trinajstić information content (AvgIpc) is 3.36. The second-order valence-corrected chi connectivity index (χ2v) is 7.02. The van der Waals surface area contributed by atoms with Gasteiger partial charge in [0.1, 0.15) is 9.71 Å². The molecule has 5 N–H and O–H groups in total. The molecular weight excluding hydrogens is 357 g/mol. The smallest absolute Gasteiger partial charge is 0.260 e. The predicted molar refractivity (Wildman–Crippen MR) is 98.9 cm³/mol. The summed E-state index contributed by atoms with van der Waals surface area (Å²) < 4.78 is 19.9. The summed E-state index contributed by atoms with van der Waals surface area (Å²) in [7, 11) is 1.39. The van der Waals surface area contributed by atoms with Crippen LogP contribution < -0.4 is 21.5 Å². The monoisotopic (exact) mass is 373 g/mol. The minimum absolute atomic E-state index is 0.0925. The van der Waals surface area contributed by atoms with Gasteiger partial charge >= 0.3 is 0 Å². The van der Waals surface area contributed by atoms with E-state index in [0.717, 1.165) is 24.2 Å². The fourth-order valence-electron chi connectivity index (χ4n) is 2.73. The van der Waals surface area contributed by atoms with Crippen molar-refractivity contribution in [3.05, 3.63) is 28.9 Å². The van der Waals surface area contributed by atoms with E-state index >= 15 is 0 Å². The molecule has 1 saturated carbocycles. The van der Waals surface area contributed by atoms with Crippen LogP contribution in [-0.4, -0.2) is 29.0 Å². The van der Waals surface area contributed by atoms with Crippen LogP contribution in [0.15, 0.2) is 18.2 Å². The highest BCUT2D eigenvalue weighted by Crippen LogP contribution is 2.41. The number of primary amides is 1. The first-order chi connectivity index (χ1) is 12.5. The Hall–Kier alpha value is -2.94. The van der Waals surface area contributed by atoms with Crippen molar-refractivity contribution in [2.45, 2.75) is 18.9 Å². The highest BCUT2D eigenvalue weighted by atomic mass is 32.1. The maximum Gasteiger partial charge on any atom is 0.260 e. The van der Waals surface area contributed by atoms with Gasteiger partial charge in [0.2, 0.25) is 5.95 Å². The van der Waals surface area contributed by atoms with Crippen LogP contribution in [0.25, 0.3) is 21.5 Å². The van der Waals surface area contributed by atoms with E-state index in [1.807, 2.05) is 0 Å². The van der Waals surface area contributed by atoms with Crippen molar-refractivity contribution >= 4 is 39.1 Å². The van der Waals surface area contributed by atoms with Crippen LogP contribution in [0.4, 0.5) is 16.0 Å². The number of thiophene rings is 1. The maximum absolute atomic E-state index is 14.9. The molecule has 1 amide bonds. The molecule has 2 aromatic heterocycles. The largest absolute Gasteiger partial charge is 0.494 e. The number of hydrogen-bond donors (Lipinski definition) is 3. The van der Waals surface area contributed by atoms with Crippen molar-refractivity contribution in [1.29, 1.82) is 0 Å². The zero-order valence-electron chi connectivity index (χ0n) is 13.9. The molecule has 1 aromatic carbocycles. The number of halogens is 1. The topological polar surface area (TPSA) is 116 Å². The summed E-state index contributed by atoms with van der Waals surface area (Å²) >= 11 is 1.07. The van der Waals surface area contributed by atoms with E-state index in [1.165, 1.54) is 13.2 Å². The molecule has 2 heterocycles. The molecule has 4 rings (SSSR count). The molecule has 1 fully saturated rings. The van der Waals surface area contributed by atoms with Gasteiger partial charge in [-0.25, -0.2) is 14.4 Å². The number of nitrogens with two attached hydrogens (primary N) is 2. The number of nitrogen functional groups attached to an aromatic ring is 1.